The lowest BCUT2D eigenvalue weighted by molar-refractivity contribution is 0.763. The molecule has 0 atom stereocenters. The lowest BCUT2D eigenvalue weighted by Crippen LogP contribution is -2.01. The van der Waals surface area contributed by atoms with E-state index in [0.717, 1.165) is 16.7 Å². The van der Waals surface area contributed by atoms with Crippen LogP contribution in [0.2, 0.25) is 5.02 Å². The van der Waals surface area contributed by atoms with Crippen LogP contribution < -0.4 is 5.73 Å². The summed E-state index contributed by atoms with van der Waals surface area (Å²) in [5.41, 5.74) is 11.1. The number of rotatable bonds is 1. The number of hydrogen-bond donors (Lipinski definition) is 1. The van der Waals surface area contributed by atoms with E-state index in [1.54, 1.807) is 16.9 Å². The van der Waals surface area contributed by atoms with Gasteiger partial charge in [-0.1, -0.05) is 11.6 Å². The van der Waals surface area contributed by atoms with Crippen LogP contribution in [0.5, 0.6) is 0 Å². The summed E-state index contributed by atoms with van der Waals surface area (Å²) >= 11 is 8.35. The van der Waals surface area contributed by atoms with Crippen LogP contribution in [0, 0.1) is 17.4 Å². The molecule has 0 radical (unpaired) electrons. The fourth-order valence-corrected chi connectivity index (χ4v) is 2.58. The molecule has 0 saturated carbocycles. The monoisotopic (exact) mass is 398 g/mol. The minimum Gasteiger partial charge on any atom is -0.397 e. The molecule has 0 unspecified atom stereocenters. The van der Waals surface area contributed by atoms with E-state index in [1.807, 2.05) is 0 Å². The summed E-state index contributed by atoms with van der Waals surface area (Å²) in [6, 6.07) is 7.62. The zero-order valence-electron chi connectivity index (χ0n) is 11.0. The van der Waals surface area contributed by atoms with Gasteiger partial charge in [0.25, 0.3) is 0 Å². The standard InChI is InChI=1S/C14H12ClIN4/c1-7-3-9(4-8(2)14(7)16)20-18-12-5-10(15)11(17)6-13(12)19-20/h3-6H,17H2,1-2H3. The van der Waals surface area contributed by atoms with E-state index in [2.05, 4.69) is 58.8 Å². The molecular formula is C14H12ClIN4. The molecule has 0 amide bonds. The molecule has 0 fully saturated rings. The van der Waals surface area contributed by atoms with Crippen molar-refractivity contribution in [3.05, 3.63) is 44.0 Å². The summed E-state index contributed by atoms with van der Waals surface area (Å²) in [4.78, 5) is 1.62. The summed E-state index contributed by atoms with van der Waals surface area (Å²) in [5.74, 6) is 0. The molecule has 0 aliphatic heterocycles. The fourth-order valence-electron chi connectivity index (χ4n) is 2.11. The van der Waals surface area contributed by atoms with Crippen molar-refractivity contribution < 1.29 is 0 Å². The normalized spacial score (nSPS) is 11.2. The van der Waals surface area contributed by atoms with Gasteiger partial charge in [0.2, 0.25) is 0 Å². The van der Waals surface area contributed by atoms with Crippen LogP contribution in [0.4, 0.5) is 5.69 Å². The zero-order chi connectivity index (χ0) is 14.4. The molecule has 0 aliphatic rings. The van der Waals surface area contributed by atoms with Crippen molar-refractivity contribution >= 4 is 50.9 Å². The minimum absolute atomic E-state index is 0.500. The van der Waals surface area contributed by atoms with Crippen molar-refractivity contribution in [1.29, 1.82) is 0 Å². The van der Waals surface area contributed by atoms with Gasteiger partial charge in [-0.25, -0.2) is 0 Å². The highest BCUT2D eigenvalue weighted by atomic mass is 127. The average molecular weight is 399 g/mol. The first-order chi connectivity index (χ1) is 9.45. The summed E-state index contributed by atoms with van der Waals surface area (Å²) in [6.45, 7) is 4.16. The first-order valence-electron chi connectivity index (χ1n) is 6.05. The SMILES string of the molecule is Cc1cc(-n2nc3cc(N)c(Cl)cc3n2)cc(C)c1I. The number of hydrogen-bond acceptors (Lipinski definition) is 3. The van der Waals surface area contributed by atoms with Crippen molar-refractivity contribution in [3.63, 3.8) is 0 Å². The minimum atomic E-state index is 0.500. The second-order valence-electron chi connectivity index (χ2n) is 4.75. The van der Waals surface area contributed by atoms with Crippen LogP contribution in [-0.2, 0) is 0 Å². The Bertz CT molecular complexity index is 763. The van der Waals surface area contributed by atoms with Gasteiger partial charge in [0.15, 0.2) is 0 Å². The highest BCUT2D eigenvalue weighted by molar-refractivity contribution is 14.1. The molecule has 0 aliphatic carbocycles. The molecule has 102 valence electrons. The van der Waals surface area contributed by atoms with E-state index in [4.69, 9.17) is 17.3 Å². The molecule has 4 nitrogen and oxygen atoms in total. The first kappa shape index (κ1) is 13.6. The molecule has 6 heteroatoms. The van der Waals surface area contributed by atoms with Crippen molar-refractivity contribution in [2.75, 3.05) is 5.73 Å². The van der Waals surface area contributed by atoms with Crippen molar-refractivity contribution in [1.82, 2.24) is 15.0 Å². The van der Waals surface area contributed by atoms with Crippen LogP contribution in [0.3, 0.4) is 0 Å². The summed E-state index contributed by atoms with van der Waals surface area (Å²) in [7, 11) is 0. The first-order valence-corrected chi connectivity index (χ1v) is 7.50. The van der Waals surface area contributed by atoms with Gasteiger partial charge in [0.1, 0.15) is 11.0 Å². The Balaban J connectivity index is 2.20. The predicted octanol–water partition coefficient (Wildman–Crippen LogP) is 3.88. The number of aromatic nitrogens is 3. The van der Waals surface area contributed by atoms with Crippen LogP contribution in [0.15, 0.2) is 24.3 Å². The largest absolute Gasteiger partial charge is 0.397 e. The Morgan fingerprint density at radius 3 is 2.20 bits per heavy atom. The van der Waals surface area contributed by atoms with E-state index in [9.17, 15) is 0 Å². The number of anilines is 1. The van der Waals surface area contributed by atoms with Crippen LogP contribution >= 0.6 is 34.2 Å². The molecule has 0 spiro atoms. The Morgan fingerprint density at radius 2 is 1.60 bits per heavy atom. The van der Waals surface area contributed by atoms with Gasteiger partial charge in [-0.15, -0.1) is 10.2 Å². The maximum absolute atomic E-state index is 6.01. The molecule has 2 N–H and O–H groups in total. The van der Waals surface area contributed by atoms with E-state index < -0.39 is 0 Å². The van der Waals surface area contributed by atoms with Crippen molar-refractivity contribution in [2.24, 2.45) is 0 Å². The third-order valence-corrected chi connectivity index (χ3v) is 5.18. The molecule has 0 saturated heterocycles. The summed E-state index contributed by atoms with van der Waals surface area (Å²) in [5, 5.41) is 9.42. The highest BCUT2D eigenvalue weighted by Gasteiger charge is 2.09. The maximum atomic E-state index is 6.01. The summed E-state index contributed by atoms with van der Waals surface area (Å²) in [6.07, 6.45) is 0. The Morgan fingerprint density at radius 1 is 1.05 bits per heavy atom. The summed E-state index contributed by atoms with van der Waals surface area (Å²) < 4.78 is 1.26. The van der Waals surface area contributed by atoms with E-state index in [0.29, 0.717) is 10.7 Å². The van der Waals surface area contributed by atoms with Gasteiger partial charge in [-0.2, -0.15) is 4.80 Å². The van der Waals surface area contributed by atoms with Crippen LogP contribution in [0.25, 0.3) is 16.7 Å². The number of halogens is 2. The third kappa shape index (κ3) is 2.25. The third-order valence-electron chi connectivity index (χ3n) is 3.15. The number of benzene rings is 2. The van der Waals surface area contributed by atoms with Gasteiger partial charge in [-0.3, -0.25) is 0 Å². The number of nitrogens with zero attached hydrogens (tertiary/aromatic N) is 3. The van der Waals surface area contributed by atoms with Gasteiger partial charge in [0, 0.05) is 3.57 Å². The quantitative estimate of drug-likeness (QED) is 0.500. The second-order valence-corrected chi connectivity index (χ2v) is 6.23. The van der Waals surface area contributed by atoms with Crippen molar-refractivity contribution in [3.8, 4) is 5.69 Å². The lowest BCUT2D eigenvalue weighted by atomic mass is 10.1. The van der Waals surface area contributed by atoms with Gasteiger partial charge >= 0.3 is 0 Å². The zero-order valence-corrected chi connectivity index (χ0v) is 13.9. The lowest BCUT2D eigenvalue weighted by Gasteiger charge is -2.06. The Hall–Kier alpha value is -1.34. The predicted molar refractivity (Wildman–Crippen MR) is 90.5 cm³/mol. The topological polar surface area (TPSA) is 56.7 Å². The molecule has 3 rings (SSSR count). The Kier molecular flexibility index (Phi) is 3.33. The molecular weight excluding hydrogens is 387 g/mol. The second kappa shape index (κ2) is 4.89. The van der Waals surface area contributed by atoms with Gasteiger partial charge in [0.05, 0.1) is 16.4 Å². The van der Waals surface area contributed by atoms with Crippen LogP contribution in [0.1, 0.15) is 11.1 Å². The molecule has 2 aromatic carbocycles. The Labute approximate surface area is 135 Å². The highest BCUT2D eigenvalue weighted by Crippen LogP contribution is 2.25. The number of aryl methyl sites for hydroxylation is 2. The average Bonchev–Trinajstić information content (AvgIpc) is 2.79. The molecule has 20 heavy (non-hydrogen) atoms. The van der Waals surface area contributed by atoms with E-state index in [1.165, 1.54) is 14.7 Å². The van der Waals surface area contributed by atoms with Crippen LogP contribution in [-0.4, -0.2) is 15.0 Å². The molecule has 3 aromatic rings. The molecule has 1 heterocycles. The van der Waals surface area contributed by atoms with Gasteiger partial charge in [-0.05, 0) is 71.8 Å². The maximum Gasteiger partial charge on any atom is 0.115 e. The fraction of sp³-hybridized carbons (Fsp3) is 0.143. The number of nitrogen functional groups attached to an aromatic ring is 1. The van der Waals surface area contributed by atoms with E-state index >= 15 is 0 Å². The van der Waals surface area contributed by atoms with E-state index in [-0.39, 0.29) is 0 Å². The number of nitrogens with two attached hydrogens (primary N) is 1. The van der Waals surface area contributed by atoms with Gasteiger partial charge < -0.3 is 5.73 Å². The smallest absolute Gasteiger partial charge is 0.115 e. The molecule has 1 aromatic heterocycles. The number of fused-ring (bicyclic) bond motifs is 1. The molecule has 0 bridgehead atoms. The van der Waals surface area contributed by atoms with Crippen molar-refractivity contribution in [2.45, 2.75) is 13.8 Å².